The van der Waals surface area contributed by atoms with Gasteiger partial charge < -0.3 is 11.1 Å². The Morgan fingerprint density at radius 2 is 2.10 bits per heavy atom. The molecule has 3 rings (SSSR count). The van der Waals surface area contributed by atoms with Gasteiger partial charge in [0.25, 0.3) is 5.91 Å². The first kappa shape index (κ1) is 13.5. The zero-order valence-corrected chi connectivity index (χ0v) is 12.0. The van der Waals surface area contributed by atoms with Gasteiger partial charge in [-0.25, -0.2) is 9.37 Å². The van der Waals surface area contributed by atoms with Gasteiger partial charge in [-0.3, -0.25) is 4.79 Å². The van der Waals surface area contributed by atoms with Crippen molar-refractivity contribution < 1.29 is 9.18 Å². The number of amides is 1. The number of aryl methyl sites for hydroxylation is 1. The van der Waals surface area contributed by atoms with Gasteiger partial charge in [0.05, 0.1) is 10.2 Å². The SMILES string of the molecule is Cc1ccc(NC(=O)c2ccc3nc(N)sc3c2)cc1F. The number of halogens is 1. The molecule has 21 heavy (non-hydrogen) atoms. The van der Waals surface area contributed by atoms with Gasteiger partial charge in [0.1, 0.15) is 5.82 Å². The van der Waals surface area contributed by atoms with E-state index >= 15 is 0 Å². The van der Waals surface area contributed by atoms with Crippen molar-refractivity contribution in [1.82, 2.24) is 4.98 Å². The fourth-order valence-corrected chi connectivity index (χ4v) is 2.73. The van der Waals surface area contributed by atoms with Crippen LogP contribution in [0.1, 0.15) is 15.9 Å². The van der Waals surface area contributed by atoms with Crippen molar-refractivity contribution in [3.8, 4) is 0 Å². The molecule has 0 aliphatic heterocycles. The van der Waals surface area contributed by atoms with Crippen LogP contribution in [0.4, 0.5) is 15.2 Å². The summed E-state index contributed by atoms with van der Waals surface area (Å²) in [6.07, 6.45) is 0. The van der Waals surface area contributed by atoms with Crippen molar-refractivity contribution in [2.45, 2.75) is 6.92 Å². The average Bonchev–Trinajstić information content (AvgIpc) is 2.82. The zero-order chi connectivity index (χ0) is 15.0. The van der Waals surface area contributed by atoms with Crippen LogP contribution < -0.4 is 11.1 Å². The minimum atomic E-state index is -0.349. The standard InChI is InChI=1S/C15H12FN3OS/c1-8-2-4-10(7-11(8)16)18-14(20)9-3-5-12-13(6-9)21-15(17)19-12/h2-7H,1H3,(H2,17,19)(H,18,20). The molecule has 4 nitrogen and oxygen atoms in total. The molecule has 0 bridgehead atoms. The Balaban J connectivity index is 1.87. The normalized spacial score (nSPS) is 10.8. The number of aromatic nitrogens is 1. The van der Waals surface area contributed by atoms with Crippen LogP contribution in [-0.2, 0) is 0 Å². The van der Waals surface area contributed by atoms with Crippen molar-refractivity contribution in [1.29, 1.82) is 0 Å². The summed E-state index contributed by atoms with van der Waals surface area (Å²) in [6.45, 7) is 1.67. The Morgan fingerprint density at radius 3 is 2.86 bits per heavy atom. The van der Waals surface area contributed by atoms with Gasteiger partial charge in [-0.2, -0.15) is 0 Å². The Kier molecular flexibility index (Phi) is 3.31. The molecule has 0 atom stereocenters. The number of nitrogens with one attached hydrogen (secondary N) is 1. The van der Waals surface area contributed by atoms with Crippen LogP contribution in [0.2, 0.25) is 0 Å². The Morgan fingerprint density at radius 1 is 1.29 bits per heavy atom. The van der Waals surface area contributed by atoms with Crippen LogP contribution >= 0.6 is 11.3 Å². The van der Waals surface area contributed by atoms with Crippen LogP contribution in [0.5, 0.6) is 0 Å². The summed E-state index contributed by atoms with van der Waals surface area (Å²) in [5.74, 6) is -0.648. The maximum Gasteiger partial charge on any atom is 0.255 e. The van der Waals surface area contributed by atoms with Crippen LogP contribution in [0, 0.1) is 12.7 Å². The molecule has 1 aromatic heterocycles. The van der Waals surface area contributed by atoms with Crippen molar-refractivity contribution in [2.24, 2.45) is 0 Å². The predicted molar refractivity (Wildman–Crippen MR) is 83.1 cm³/mol. The lowest BCUT2D eigenvalue weighted by Crippen LogP contribution is -2.11. The summed E-state index contributed by atoms with van der Waals surface area (Å²) in [4.78, 5) is 16.3. The zero-order valence-electron chi connectivity index (χ0n) is 11.2. The number of carbonyl (C=O) groups excluding carboxylic acids is 1. The first-order chi connectivity index (χ1) is 10.0. The summed E-state index contributed by atoms with van der Waals surface area (Å²) in [6, 6.07) is 9.73. The summed E-state index contributed by atoms with van der Waals surface area (Å²) >= 11 is 1.32. The summed E-state index contributed by atoms with van der Waals surface area (Å²) < 4.78 is 14.3. The maximum absolute atomic E-state index is 13.5. The molecule has 0 fully saturated rings. The van der Waals surface area contributed by atoms with Gasteiger partial charge in [0.2, 0.25) is 0 Å². The minimum Gasteiger partial charge on any atom is -0.375 e. The number of nitrogen functional groups attached to an aromatic ring is 1. The maximum atomic E-state index is 13.5. The molecule has 0 saturated heterocycles. The molecule has 1 heterocycles. The third-order valence-corrected chi connectivity index (χ3v) is 3.94. The first-order valence-corrected chi connectivity index (χ1v) is 7.08. The number of nitrogens with zero attached hydrogens (tertiary/aromatic N) is 1. The molecule has 3 N–H and O–H groups in total. The smallest absolute Gasteiger partial charge is 0.255 e. The third-order valence-electron chi connectivity index (χ3n) is 3.10. The van der Waals surface area contributed by atoms with E-state index in [1.807, 2.05) is 0 Å². The number of nitrogens with two attached hydrogens (primary N) is 1. The lowest BCUT2D eigenvalue weighted by molar-refractivity contribution is 0.102. The van der Waals surface area contributed by atoms with E-state index in [2.05, 4.69) is 10.3 Å². The fraction of sp³-hybridized carbons (Fsp3) is 0.0667. The van der Waals surface area contributed by atoms with Crippen molar-refractivity contribution in [2.75, 3.05) is 11.1 Å². The van der Waals surface area contributed by atoms with Gasteiger partial charge in [-0.05, 0) is 42.8 Å². The minimum absolute atomic E-state index is 0.299. The molecule has 0 aliphatic rings. The second-order valence-corrected chi connectivity index (χ2v) is 5.71. The number of thiazole rings is 1. The monoisotopic (exact) mass is 301 g/mol. The molecule has 0 unspecified atom stereocenters. The number of benzene rings is 2. The molecule has 0 radical (unpaired) electrons. The summed E-state index contributed by atoms with van der Waals surface area (Å²) in [5, 5.41) is 3.13. The number of anilines is 2. The Labute approximate surface area is 124 Å². The van der Waals surface area contributed by atoms with Crippen molar-refractivity contribution >= 4 is 38.3 Å². The van der Waals surface area contributed by atoms with Crippen LogP contribution in [0.3, 0.4) is 0 Å². The molecule has 106 valence electrons. The molecular weight excluding hydrogens is 289 g/mol. The number of hydrogen-bond donors (Lipinski definition) is 2. The highest BCUT2D eigenvalue weighted by atomic mass is 32.1. The van der Waals surface area contributed by atoms with Crippen LogP contribution in [-0.4, -0.2) is 10.9 Å². The first-order valence-electron chi connectivity index (χ1n) is 6.26. The molecule has 0 aliphatic carbocycles. The highest BCUT2D eigenvalue weighted by Gasteiger charge is 2.10. The number of fused-ring (bicyclic) bond motifs is 1. The lowest BCUT2D eigenvalue weighted by Gasteiger charge is -2.06. The largest absolute Gasteiger partial charge is 0.375 e. The molecule has 3 aromatic rings. The van der Waals surface area contributed by atoms with E-state index in [1.165, 1.54) is 17.4 Å². The lowest BCUT2D eigenvalue weighted by atomic mass is 10.2. The predicted octanol–water partition coefficient (Wildman–Crippen LogP) is 3.58. The van der Waals surface area contributed by atoms with E-state index < -0.39 is 0 Å². The van der Waals surface area contributed by atoms with E-state index in [4.69, 9.17) is 5.73 Å². The van der Waals surface area contributed by atoms with E-state index in [9.17, 15) is 9.18 Å². The average molecular weight is 301 g/mol. The molecule has 6 heteroatoms. The summed E-state index contributed by atoms with van der Waals surface area (Å²) in [5.41, 5.74) is 7.83. The molecule has 0 saturated carbocycles. The highest BCUT2D eigenvalue weighted by Crippen LogP contribution is 2.25. The number of carbonyl (C=O) groups is 1. The Hall–Kier alpha value is -2.47. The number of rotatable bonds is 2. The highest BCUT2D eigenvalue weighted by molar-refractivity contribution is 7.22. The second-order valence-electron chi connectivity index (χ2n) is 4.65. The van der Waals surface area contributed by atoms with E-state index in [1.54, 1.807) is 37.3 Å². The van der Waals surface area contributed by atoms with Gasteiger partial charge in [-0.15, -0.1) is 0 Å². The van der Waals surface area contributed by atoms with Crippen molar-refractivity contribution in [3.05, 3.63) is 53.3 Å². The molecule has 2 aromatic carbocycles. The van der Waals surface area contributed by atoms with Gasteiger partial charge in [-0.1, -0.05) is 17.4 Å². The van der Waals surface area contributed by atoms with Crippen molar-refractivity contribution in [3.63, 3.8) is 0 Å². The van der Waals surface area contributed by atoms with Gasteiger partial charge in [0, 0.05) is 11.3 Å². The number of hydrogen-bond acceptors (Lipinski definition) is 4. The Bertz CT molecular complexity index is 844. The van der Waals surface area contributed by atoms with E-state index in [0.717, 1.165) is 10.2 Å². The molecular formula is C15H12FN3OS. The third kappa shape index (κ3) is 2.71. The van der Waals surface area contributed by atoms with Crippen LogP contribution in [0.15, 0.2) is 36.4 Å². The van der Waals surface area contributed by atoms with E-state index in [-0.39, 0.29) is 11.7 Å². The fourth-order valence-electron chi connectivity index (χ4n) is 1.96. The quantitative estimate of drug-likeness (QED) is 0.760. The van der Waals surface area contributed by atoms with E-state index in [0.29, 0.717) is 21.9 Å². The van der Waals surface area contributed by atoms with Crippen LogP contribution in [0.25, 0.3) is 10.2 Å². The van der Waals surface area contributed by atoms with Gasteiger partial charge in [0.15, 0.2) is 5.13 Å². The second kappa shape index (κ2) is 5.14. The summed E-state index contributed by atoms with van der Waals surface area (Å²) in [7, 11) is 0. The topological polar surface area (TPSA) is 68.0 Å². The van der Waals surface area contributed by atoms with Gasteiger partial charge >= 0.3 is 0 Å². The molecule has 0 spiro atoms. The molecule has 1 amide bonds.